The molecule has 20 heavy (non-hydrogen) atoms. The number of fused-ring (bicyclic) bond motifs is 1. The molecule has 0 aromatic heterocycles. The second-order valence-corrected chi connectivity index (χ2v) is 6.42. The first-order valence-electron chi connectivity index (χ1n) is 8.01. The first kappa shape index (κ1) is 13.9. The van der Waals surface area contributed by atoms with Gasteiger partial charge in [-0.15, -0.1) is 0 Å². The van der Waals surface area contributed by atoms with E-state index in [1.165, 1.54) is 55.7 Å². The number of hydrogen-bond donors (Lipinski definition) is 1. The molecule has 1 unspecified atom stereocenters. The maximum absolute atomic E-state index is 3.67. The third-order valence-electron chi connectivity index (χ3n) is 4.66. The normalized spacial score (nSPS) is 20.4. The van der Waals surface area contributed by atoms with Gasteiger partial charge in [0.25, 0.3) is 0 Å². The SMILES string of the molecule is CC(CN1CCCC1)NCc1ccc2c(c1)CCN2C. The number of hydrogen-bond acceptors (Lipinski definition) is 3. The highest BCUT2D eigenvalue weighted by molar-refractivity contribution is 5.58. The van der Waals surface area contributed by atoms with Crippen molar-refractivity contribution in [2.24, 2.45) is 0 Å². The Hall–Kier alpha value is -1.06. The van der Waals surface area contributed by atoms with Crippen LogP contribution in [-0.4, -0.2) is 44.2 Å². The molecule has 2 aliphatic rings. The van der Waals surface area contributed by atoms with Crippen molar-refractivity contribution in [3.05, 3.63) is 29.3 Å². The molecule has 3 heteroatoms. The average Bonchev–Trinajstić information content (AvgIpc) is 3.07. The Balaban J connectivity index is 1.50. The van der Waals surface area contributed by atoms with Gasteiger partial charge in [-0.3, -0.25) is 0 Å². The first-order chi connectivity index (χ1) is 9.72. The second-order valence-electron chi connectivity index (χ2n) is 6.42. The minimum absolute atomic E-state index is 0.573. The molecule has 1 fully saturated rings. The van der Waals surface area contributed by atoms with Gasteiger partial charge in [-0.05, 0) is 56.5 Å². The van der Waals surface area contributed by atoms with Crippen LogP contribution >= 0.6 is 0 Å². The molecule has 0 radical (unpaired) electrons. The van der Waals surface area contributed by atoms with Crippen molar-refractivity contribution in [3.8, 4) is 0 Å². The molecule has 1 aromatic carbocycles. The van der Waals surface area contributed by atoms with E-state index >= 15 is 0 Å². The third-order valence-corrected chi connectivity index (χ3v) is 4.66. The standard InChI is InChI=1S/C17H27N3/c1-14(13-20-8-3-4-9-20)18-12-15-5-6-17-16(11-15)7-10-19(17)2/h5-6,11,14,18H,3-4,7-10,12-13H2,1-2H3. The van der Waals surface area contributed by atoms with E-state index in [0.717, 1.165) is 13.1 Å². The lowest BCUT2D eigenvalue weighted by molar-refractivity contribution is 0.298. The van der Waals surface area contributed by atoms with E-state index in [2.05, 4.69) is 47.3 Å². The number of rotatable bonds is 5. The van der Waals surface area contributed by atoms with Crippen molar-refractivity contribution in [3.63, 3.8) is 0 Å². The molecule has 0 saturated carbocycles. The Kier molecular flexibility index (Phi) is 4.27. The van der Waals surface area contributed by atoms with Crippen molar-refractivity contribution in [2.75, 3.05) is 38.1 Å². The summed E-state index contributed by atoms with van der Waals surface area (Å²) in [5.41, 5.74) is 4.35. The summed E-state index contributed by atoms with van der Waals surface area (Å²) >= 11 is 0. The molecule has 1 saturated heterocycles. The Morgan fingerprint density at radius 3 is 2.80 bits per heavy atom. The van der Waals surface area contributed by atoms with Crippen LogP contribution in [-0.2, 0) is 13.0 Å². The van der Waals surface area contributed by atoms with Crippen molar-refractivity contribution in [1.82, 2.24) is 10.2 Å². The van der Waals surface area contributed by atoms with Crippen LogP contribution in [0.3, 0.4) is 0 Å². The van der Waals surface area contributed by atoms with Gasteiger partial charge in [-0.1, -0.05) is 12.1 Å². The summed E-state index contributed by atoms with van der Waals surface area (Å²) in [5.74, 6) is 0. The third kappa shape index (κ3) is 3.15. The van der Waals surface area contributed by atoms with E-state index in [-0.39, 0.29) is 0 Å². The summed E-state index contributed by atoms with van der Waals surface area (Å²) in [6.07, 6.45) is 3.96. The van der Waals surface area contributed by atoms with Crippen molar-refractivity contribution < 1.29 is 0 Å². The molecule has 3 rings (SSSR count). The summed E-state index contributed by atoms with van der Waals surface area (Å²) < 4.78 is 0. The lowest BCUT2D eigenvalue weighted by Crippen LogP contribution is -2.37. The summed E-state index contributed by atoms with van der Waals surface area (Å²) in [6, 6.07) is 7.51. The average molecular weight is 273 g/mol. The van der Waals surface area contributed by atoms with Gasteiger partial charge in [0, 0.05) is 38.4 Å². The van der Waals surface area contributed by atoms with Crippen LogP contribution in [0.1, 0.15) is 30.9 Å². The highest BCUT2D eigenvalue weighted by Crippen LogP contribution is 2.27. The molecular formula is C17H27N3. The van der Waals surface area contributed by atoms with Gasteiger partial charge in [0.15, 0.2) is 0 Å². The highest BCUT2D eigenvalue weighted by Gasteiger charge is 2.16. The number of likely N-dealkylation sites (tertiary alicyclic amines) is 1. The highest BCUT2D eigenvalue weighted by atomic mass is 15.2. The van der Waals surface area contributed by atoms with Crippen LogP contribution < -0.4 is 10.2 Å². The van der Waals surface area contributed by atoms with E-state index in [1.807, 2.05) is 0 Å². The molecular weight excluding hydrogens is 246 g/mol. The minimum Gasteiger partial charge on any atom is -0.374 e. The fourth-order valence-corrected chi connectivity index (χ4v) is 3.44. The molecule has 2 heterocycles. The smallest absolute Gasteiger partial charge is 0.0397 e. The van der Waals surface area contributed by atoms with Gasteiger partial charge in [0.05, 0.1) is 0 Å². The lowest BCUT2D eigenvalue weighted by atomic mass is 10.1. The Morgan fingerprint density at radius 2 is 2.00 bits per heavy atom. The fourth-order valence-electron chi connectivity index (χ4n) is 3.44. The fraction of sp³-hybridized carbons (Fsp3) is 0.647. The van der Waals surface area contributed by atoms with Crippen LogP contribution in [0.15, 0.2) is 18.2 Å². The summed E-state index contributed by atoms with van der Waals surface area (Å²) in [4.78, 5) is 4.93. The van der Waals surface area contributed by atoms with E-state index in [1.54, 1.807) is 0 Å². The van der Waals surface area contributed by atoms with Gasteiger partial charge >= 0.3 is 0 Å². The van der Waals surface area contributed by atoms with Crippen LogP contribution in [0.5, 0.6) is 0 Å². The summed E-state index contributed by atoms with van der Waals surface area (Å²) in [7, 11) is 2.18. The van der Waals surface area contributed by atoms with E-state index < -0.39 is 0 Å². The Bertz CT molecular complexity index is 452. The van der Waals surface area contributed by atoms with E-state index in [9.17, 15) is 0 Å². The number of nitrogens with one attached hydrogen (secondary N) is 1. The van der Waals surface area contributed by atoms with Crippen LogP contribution in [0.25, 0.3) is 0 Å². The van der Waals surface area contributed by atoms with Gasteiger partial charge in [-0.25, -0.2) is 0 Å². The van der Waals surface area contributed by atoms with E-state index in [4.69, 9.17) is 0 Å². The number of likely N-dealkylation sites (N-methyl/N-ethyl adjacent to an activating group) is 1. The summed E-state index contributed by atoms with van der Waals surface area (Å²) in [5, 5.41) is 3.67. The predicted octanol–water partition coefficient (Wildman–Crippen LogP) is 2.25. The monoisotopic (exact) mass is 273 g/mol. The largest absolute Gasteiger partial charge is 0.374 e. The molecule has 110 valence electrons. The maximum Gasteiger partial charge on any atom is 0.0397 e. The molecule has 0 bridgehead atoms. The molecule has 0 aliphatic carbocycles. The number of anilines is 1. The van der Waals surface area contributed by atoms with Gasteiger partial charge in [-0.2, -0.15) is 0 Å². The zero-order valence-corrected chi connectivity index (χ0v) is 12.9. The van der Waals surface area contributed by atoms with Crippen LogP contribution in [0.2, 0.25) is 0 Å². The van der Waals surface area contributed by atoms with Gasteiger partial charge in [0.2, 0.25) is 0 Å². The number of benzene rings is 1. The van der Waals surface area contributed by atoms with Crippen LogP contribution in [0, 0.1) is 0 Å². The topological polar surface area (TPSA) is 18.5 Å². The van der Waals surface area contributed by atoms with Crippen molar-refractivity contribution in [1.29, 1.82) is 0 Å². The predicted molar refractivity (Wildman–Crippen MR) is 85.4 cm³/mol. The lowest BCUT2D eigenvalue weighted by Gasteiger charge is -2.21. The molecule has 1 aromatic rings. The molecule has 2 aliphatic heterocycles. The Morgan fingerprint density at radius 1 is 1.20 bits per heavy atom. The summed E-state index contributed by atoms with van der Waals surface area (Å²) in [6.45, 7) is 8.23. The maximum atomic E-state index is 3.67. The minimum atomic E-state index is 0.573. The first-order valence-corrected chi connectivity index (χ1v) is 8.01. The van der Waals surface area contributed by atoms with E-state index in [0.29, 0.717) is 6.04 Å². The number of nitrogens with zero attached hydrogens (tertiary/aromatic N) is 2. The second kappa shape index (κ2) is 6.15. The molecule has 3 nitrogen and oxygen atoms in total. The molecule has 0 spiro atoms. The quantitative estimate of drug-likeness (QED) is 0.888. The van der Waals surface area contributed by atoms with Crippen molar-refractivity contribution in [2.45, 2.75) is 38.8 Å². The van der Waals surface area contributed by atoms with Crippen molar-refractivity contribution >= 4 is 5.69 Å². The zero-order valence-electron chi connectivity index (χ0n) is 12.9. The molecule has 1 atom stereocenters. The van der Waals surface area contributed by atoms with Gasteiger partial charge in [0.1, 0.15) is 0 Å². The molecule has 0 amide bonds. The zero-order chi connectivity index (χ0) is 13.9. The molecule has 1 N–H and O–H groups in total. The Labute approximate surface area is 123 Å². The van der Waals surface area contributed by atoms with Crippen LogP contribution in [0.4, 0.5) is 5.69 Å². The van der Waals surface area contributed by atoms with Gasteiger partial charge < -0.3 is 15.1 Å².